The Kier molecular flexibility index (Phi) is 9.89. The van der Waals surface area contributed by atoms with Crippen LogP contribution < -0.4 is 14.8 Å². The normalized spacial score (nSPS) is 10.8. The number of nitrogens with one attached hydrogen (secondary N) is 1. The zero-order valence-corrected chi connectivity index (χ0v) is 22.2. The van der Waals surface area contributed by atoms with E-state index >= 15 is 0 Å². The van der Waals surface area contributed by atoms with Gasteiger partial charge in [-0.15, -0.1) is 11.3 Å². The number of rotatable bonds is 13. The first-order valence-electron chi connectivity index (χ1n) is 11.7. The van der Waals surface area contributed by atoms with Crippen LogP contribution >= 0.6 is 11.3 Å². The van der Waals surface area contributed by atoms with Crippen LogP contribution in [0.5, 0.6) is 11.5 Å². The summed E-state index contributed by atoms with van der Waals surface area (Å²) >= 11 is 1.22. The fourth-order valence-electron chi connectivity index (χ4n) is 3.84. The number of nitrogens with zero attached hydrogens (tertiary/aromatic N) is 2. The van der Waals surface area contributed by atoms with Gasteiger partial charge in [0.1, 0.15) is 0 Å². The van der Waals surface area contributed by atoms with Crippen molar-refractivity contribution in [2.45, 2.75) is 33.2 Å². The summed E-state index contributed by atoms with van der Waals surface area (Å²) in [5.41, 5.74) is 3.84. The Morgan fingerprint density at radius 3 is 2.58 bits per heavy atom. The second kappa shape index (κ2) is 13.1. The van der Waals surface area contributed by atoms with Crippen LogP contribution in [0.2, 0.25) is 0 Å². The van der Waals surface area contributed by atoms with Crippen molar-refractivity contribution < 1.29 is 28.5 Å². The molecule has 36 heavy (non-hydrogen) atoms. The van der Waals surface area contributed by atoms with E-state index in [-0.39, 0.29) is 17.5 Å². The van der Waals surface area contributed by atoms with E-state index in [1.165, 1.54) is 11.3 Å². The van der Waals surface area contributed by atoms with Crippen molar-refractivity contribution in [2.24, 2.45) is 0 Å². The molecule has 0 fully saturated rings. The number of thiazole rings is 1. The molecule has 9 nitrogen and oxygen atoms in total. The molecule has 2 heterocycles. The smallest absolute Gasteiger partial charge is 0.367 e. The lowest BCUT2D eigenvalue weighted by molar-refractivity contribution is 0.0526. The number of aromatic nitrogens is 2. The third-order valence-electron chi connectivity index (χ3n) is 5.71. The highest BCUT2D eigenvalue weighted by atomic mass is 32.1. The molecule has 0 spiro atoms. The molecule has 1 aromatic carbocycles. The van der Waals surface area contributed by atoms with Gasteiger partial charge in [-0.3, -0.25) is 4.79 Å². The lowest BCUT2D eigenvalue weighted by Gasteiger charge is -2.13. The van der Waals surface area contributed by atoms with Gasteiger partial charge in [-0.25, -0.2) is 9.78 Å². The zero-order valence-electron chi connectivity index (χ0n) is 21.4. The number of methoxy groups -OCH3 is 3. The van der Waals surface area contributed by atoms with Crippen LogP contribution in [0.1, 0.15) is 44.8 Å². The van der Waals surface area contributed by atoms with Crippen molar-refractivity contribution in [3.8, 4) is 22.9 Å². The molecular formula is C26H33N3O6S. The molecule has 0 unspecified atom stereocenters. The molecule has 3 aromatic rings. The van der Waals surface area contributed by atoms with Gasteiger partial charge >= 0.3 is 5.97 Å². The molecular weight excluding hydrogens is 482 g/mol. The summed E-state index contributed by atoms with van der Waals surface area (Å²) in [5.74, 6) is 0.718. The van der Waals surface area contributed by atoms with Gasteiger partial charge in [0.25, 0.3) is 5.91 Å². The predicted octanol–water partition coefficient (Wildman–Crippen LogP) is 4.12. The van der Waals surface area contributed by atoms with Gasteiger partial charge in [0, 0.05) is 37.9 Å². The summed E-state index contributed by atoms with van der Waals surface area (Å²) in [4.78, 5) is 29.6. The van der Waals surface area contributed by atoms with Crippen molar-refractivity contribution in [1.29, 1.82) is 0 Å². The van der Waals surface area contributed by atoms with Gasteiger partial charge in [0.05, 0.1) is 37.8 Å². The monoisotopic (exact) mass is 515 g/mol. The third kappa shape index (κ3) is 6.44. The maximum Gasteiger partial charge on any atom is 0.367 e. The molecule has 0 atom stereocenters. The van der Waals surface area contributed by atoms with Crippen molar-refractivity contribution in [3.63, 3.8) is 0 Å². The number of hydrogen-bond donors (Lipinski definition) is 1. The minimum Gasteiger partial charge on any atom is -0.493 e. The van der Waals surface area contributed by atoms with Crippen molar-refractivity contribution >= 4 is 23.2 Å². The number of esters is 1. The van der Waals surface area contributed by atoms with Gasteiger partial charge < -0.3 is 28.8 Å². The zero-order chi connectivity index (χ0) is 26.1. The maximum absolute atomic E-state index is 13.0. The first kappa shape index (κ1) is 27.2. The van der Waals surface area contributed by atoms with Gasteiger partial charge in [0.2, 0.25) is 5.01 Å². The Hall–Kier alpha value is -3.37. The minimum atomic E-state index is -0.454. The molecule has 1 amide bonds. The lowest BCUT2D eigenvalue weighted by atomic mass is 10.1. The summed E-state index contributed by atoms with van der Waals surface area (Å²) in [5, 5.41) is 5.05. The molecule has 0 saturated heterocycles. The standard InChI is InChI=1S/C26H33N3O6S/c1-6-35-26(31)25-28-20(16-36-25)21-15-19(24(30)27-11-7-13-32-3)17(2)29(21)12-10-18-8-9-22(33-4)23(14-18)34-5/h8-9,14-16H,6-7,10-13H2,1-5H3,(H,27,30). The summed E-state index contributed by atoms with van der Waals surface area (Å²) in [6.45, 7) is 5.64. The third-order valence-corrected chi connectivity index (χ3v) is 6.53. The molecule has 3 rings (SSSR count). The van der Waals surface area contributed by atoms with Crippen LogP contribution in [0.4, 0.5) is 0 Å². The summed E-state index contributed by atoms with van der Waals surface area (Å²) in [6, 6.07) is 7.65. The molecule has 2 aromatic heterocycles. The Balaban J connectivity index is 1.91. The fourth-order valence-corrected chi connectivity index (χ4v) is 4.55. The number of benzene rings is 1. The van der Waals surface area contributed by atoms with Crippen molar-refractivity contribution in [1.82, 2.24) is 14.9 Å². The van der Waals surface area contributed by atoms with Crippen molar-refractivity contribution in [2.75, 3.05) is 41.1 Å². The highest BCUT2D eigenvalue weighted by Crippen LogP contribution is 2.30. The lowest BCUT2D eigenvalue weighted by Crippen LogP contribution is -2.25. The Morgan fingerprint density at radius 2 is 1.89 bits per heavy atom. The van der Waals surface area contributed by atoms with E-state index < -0.39 is 5.97 Å². The number of carbonyl (C=O) groups is 2. The quantitative estimate of drug-likeness (QED) is 0.270. The predicted molar refractivity (Wildman–Crippen MR) is 138 cm³/mol. The number of amides is 1. The Labute approximate surface area is 215 Å². The van der Waals surface area contributed by atoms with Crippen LogP contribution in [-0.2, 0) is 22.4 Å². The number of ether oxygens (including phenoxy) is 4. The molecule has 0 aliphatic carbocycles. The second-order valence-electron chi connectivity index (χ2n) is 7.98. The van der Waals surface area contributed by atoms with Gasteiger partial charge in [-0.1, -0.05) is 6.07 Å². The first-order valence-corrected chi connectivity index (χ1v) is 12.6. The average molecular weight is 516 g/mol. The molecule has 10 heteroatoms. The number of aryl methyl sites for hydroxylation is 1. The second-order valence-corrected chi connectivity index (χ2v) is 8.84. The summed E-state index contributed by atoms with van der Waals surface area (Å²) in [6.07, 6.45) is 1.41. The molecule has 0 bridgehead atoms. The minimum absolute atomic E-state index is 0.157. The first-order chi connectivity index (χ1) is 17.4. The van der Waals surface area contributed by atoms with Crippen LogP contribution in [0, 0.1) is 6.92 Å². The highest BCUT2D eigenvalue weighted by molar-refractivity contribution is 7.11. The fraction of sp³-hybridized carbons (Fsp3) is 0.423. The Bertz CT molecular complexity index is 1190. The number of carbonyl (C=O) groups excluding carboxylic acids is 2. The SMILES string of the molecule is CCOC(=O)c1nc(-c2cc(C(=O)NCCCOC)c(C)n2CCc2ccc(OC)c(OC)c2)cs1. The molecule has 0 radical (unpaired) electrons. The summed E-state index contributed by atoms with van der Waals surface area (Å²) in [7, 11) is 4.85. The maximum atomic E-state index is 13.0. The molecule has 0 aliphatic rings. The van der Waals surface area contributed by atoms with Crippen LogP contribution in [-0.4, -0.2) is 62.5 Å². The highest BCUT2D eigenvalue weighted by Gasteiger charge is 2.21. The average Bonchev–Trinajstić information content (AvgIpc) is 3.50. The van der Waals surface area contributed by atoms with Gasteiger partial charge in [-0.05, 0) is 50.5 Å². The molecule has 0 aliphatic heterocycles. The van der Waals surface area contributed by atoms with E-state index in [4.69, 9.17) is 18.9 Å². The van der Waals surface area contributed by atoms with E-state index in [2.05, 4.69) is 14.9 Å². The van der Waals surface area contributed by atoms with Gasteiger partial charge in [0.15, 0.2) is 11.5 Å². The molecule has 1 N–H and O–H groups in total. The van der Waals surface area contributed by atoms with E-state index in [1.807, 2.05) is 36.6 Å². The van der Waals surface area contributed by atoms with Crippen LogP contribution in [0.25, 0.3) is 11.4 Å². The van der Waals surface area contributed by atoms with Crippen LogP contribution in [0.15, 0.2) is 29.6 Å². The van der Waals surface area contributed by atoms with Crippen molar-refractivity contribution in [3.05, 3.63) is 51.5 Å². The molecule has 0 saturated carbocycles. The molecule has 194 valence electrons. The van der Waals surface area contributed by atoms with E-state index in [1.54, 1.807) is 28.3 Å². The van der Waals surface area contributed by atoms with E-state index in [0.717, 1.165) is 23.4 Å². The Morgan fingerprint density at radius 1 is 1.11 bits per heavy atom. The summed E-state index contributed by atoms with van der Waals surface area (Å²) < 4.78 is 23.0. The largest absolute Gasteiger partial charge is 0.493 e. The van der Waals surface area contributed by atoms with E-state index in [9.17, 15) is 9.59 Å². The van der Waals surface area contributed by atoms with Crippen LogP contribution in [0.3, 0.4) is 0 Å². The van der Waals surface area contributed by atoms with E-state index in [0.29, 0.717) is 48.9 Å². The number of hydrogen-bond acceptors (Lipinski definition) is 8. The van der Waals surface area contributed by atoms with Gasteiger partial charge in [-0.2, -0.15) is 0 Å². The topological polar surface area (TPSA) is 101 Å².